The standard InChI is InChI=1S/C15H17NO5/c1-2-16-11-8-7-10(9-13(11)21-15(16)20)12(17)5-3-4-6-14(18)19/h7-9H,2-6H2,1H3,(H,18,19). The van der Waals surface area contributed by atoms with E-state index in [4.69, 9.17) is 9.52 Å². The lowest BCUT2D eigenvalue weighted by Gasteiger charge is -2.01. The van der Waals surface area contributed by atoms with Gasteiger partial charge < -0.3 is 9.52 Å². The first-order chi connectivity index (χ1) is 10.0. The molecule has 0 spiro atoms. The van der Waals surface area contributed by atoms with E-state index in [2.05, 4.69) is 0 Å². The molecule has 2 rings (SSSR count). The number of carboxylic acids is 1. The summed E-state index contributed by atoms with van der Waals surface area (Å²) in [6, 6.07) is 4.94. The van der Waals surface area contributed by atoms with E-state index >= 15 is 0 Å². The maximum absolute atomic E-state index is 12.0. The Balaban J connectivity index is 2.10. The molecule has 6 nitrogen and oxygen atoms in total. The molecule has 112 valence electrons. The van der Waals surface area contributed by atoms with Crippen LogP contribution in [-0.2, 0) is 11.3 Å². The van der Waals surface area contributed by atoms with Crippen LogP contribution in [0.3, 0.4) is 0 Å². The van der Waals surface area contributed by atoms with Crippen molar-refractivity contribution in [2.45, 2.75) is 39.2 Å². The summed E-state index contributed by atoms with van der Waals surface area (Å²) in [6.07, 6.45) is 1.37. The van der Waals surface area contributed by atoms with Gasteiger partial charge in [0.25, 0.3) is 0 Å². The van der Waals surface area contributed by atoms with Crippen LogP contribution >= 0.6 is 0 Å². The van der Waals surface area contributed by atoms with E-state index in [1.54, 1.807) is 18.2 Å². The molecule has 0 radical (unpaired) electrons. The molecular weight excluding hydrogens is 274 g/mol. The Labute approximate surface area is 121 Å². The number of hydrogen-bond acceptors (Lipinski definition) is 4. The van der Waals surface area contributed by atoms with E-state index in [0.29, 0.717) is 36.0 Å². The SMILES string of the molecule is CCn1c(=O)oc2cc(C(=O)CCCCC(=O)O)ccc21. The maximum atomic E-state index is 12.0. The van der Waals surface area contributed by atoms with Crippen molar-refractivity contribution in [2.75, 3.05) is 0 Å². The van der Waals surface area contributed by atoms with E-state index < -0.39 is 11.7 Å². The van der Waals surface area contributed by atoms with Crippen LogP contribution in [0, 0.1) is 0 Å². The molecule has 0 saturated heterocycles. The number of benzene rings is 1. The molecule has 0 atom stereocenters. The second-order valence-corrected chi connectivity index (χ2v) is 4.82. The van der Waals surface area contributed by atoms with Gasteiger partial charge in [-0.05, 0) is 38.0 Å². The molecule has 6 heteroatoms. The van der Waals surface area contributed by atoms with Crippen LogP contribution in [0.1, 0.15) is 43.0 Å². The minimum absolute atomic E-state index is 0.0700. The third-order valence-corrected chi connectivity index (χ3v) is 3.35. The van der Waals surface area contributed by atoms with Crippen molar-refractivity contribution >= 4 is 22.9 Å². The van der Waals surface area contributed by atoms with Gasteiger partial charge in [-0.15, -0.1) is 0 Å². The number of oxazole rings is 1. The number of carboxylic acid groups (broad SMARTS) is 1. The zero-order valence-corrected chi connectivity index (χ0v) is 11.8. The second-order valence-electron chi connectivity index (χ2n) is 4.82. The quantitative estimate of drug-likeness (QED) is 0.625. The van der Waals surface area contributed by atoms with Crippen molar-refractivity contribution in [3.63, 3.8) is 0 Å². The number of unbranched alkanes of at least 4 members (excludes halogenated alkanes) is 1. The first-order valence-electron chi connectivity index (χ1n) is 6.91. The monoisotopic (exact) mass is 291 g/mol. The molecule has 1 aromatic carbocycles. The van der Waals surface area contributed by atoms with Crippen LogP contribution < -0.4 is 5.76 Å². The van der Waals surface area contributed by atoms with E-state index in [9.17, 15) is 14.4 Å². The fourth-order valence-electron chi connectivity index (χ4n) is 2.25. The number of aromatic nitrogens is 1. The molecule has 21 heavy (non-hydrogen) atoms. The van der Waals surface area contributed by atoms with Gasteiger partial charge in [-0.2, -0.15) is 0 Å². The minimum atomic E-state index is -0.855. The smallest absolute Gasteiger partial charge is 0.419 e. The average Bonchev–Trinajstić information content (AvgIpc) is 2.77. The summed E-state index contributed by atoms with van der Waals surface area (Å²) in [7, 11) is 0. The van der Waals surface area contributed by atoms with E-state index in [1.165, 1.54) is 4.57 Å². The van der Waals surface area contributed by atoms with E-state index in [0.717, 1.165) is 0 Å². The Kier molecular flexibility index (Phi) is 4.57. The molecule has 1 N–H and O–H groups in total. The Hall–Kier alpha value is -2.37. The van der Waals surface area contributed by atoms with Gasteiger partial charge in [0, 0.05) is 24.9 Å². The van der Waals surface area contributed by atoms with Gasteiger partial charge in [-0.1, -0.05) is 0 Å². The third-order valence-electron chi connectivity index (χ3n) is 3.35. The predicted molar refractivity (Wildman–Crippen MR) is 76.6 cm³/mol. The van der Waals surface area contributed by atoms with Gasteiger partial charge in [0.15, 0.2) is 11.4 Å². The Morgan fingerprint density at radius 1 is 1.24 bits per heavy atom. The molecule has 0 unspecified atom stereocenters. The number of hydrogen-bond donors (Lipinski definition) is 1. The summed E-state index contributed by atoms with van der Waals surface area (Å²) < 4.78 is 6.61. The van der Waals surface area contributed by atoms with E-state index in [-0.39, 0.29) is 18.6 Å². The maximum Gasteiger partial charge on any atom is 0.419 e. The highest BCUT2D eigenvalue weighted by molar-refractivity contribution is 5.98. The second kappa shape index (κ2) is 6.39. The Morgan fingerprint density at radius 3 is 2.62 bits per heavy atom. The number of fused-ring (bicyclic) bond motifs is 1. The number of rotatable bonds is 7. The predicted octanol–water partition coefficient (Wildman–Crippen LogP) is 2.44. The van der Waals surface area contributed by atoms with Crippen LogP contribution in [0.4, 0.5) is 0 Å². The van der Waals surface area contributed by atoms with Gasteiger partial charge in [0.1, 0.15) is 0 Å². The number of aryl methyl sites for hydroxylation is 1. The third kappa shape index (κ3) is 3.39. The van der Waals surface area contributed by atoms with Gasteiger partial charge in [-0.3, -0.25) is 14.2 Å². The lowest BCUT2D eigenvalue weighted by Crippen LogP contribution is -2.11. The summed E-state index contributed by atoms with van der Waals surface area (Å²) in [4.78, 5) is 34.0. The number of carbonyl (C=O) groups is 2. The number of ketones is 1. The minimum Gasteiger partial charge on any atom is -0.481 e. The summed E-state index contributed by atoms with van der Waals surface area (Å²) in [5.74, 6) is -1.36. The molecule has 1 aromatic heterocycles. The zero-order valence-electron chi connectivity index (χ0n) is 11.8. The molecule has 0 aliphatic heterocycles. The van der Waals surface area contributed by atoms with Gasteiger partial charge >= 0.3 is 11.7 Å². The molecule has 0 aliphatic rings. The molecule has 0 aliphatic carbocycles. The first kappa shape index (κ1) is 15.0. The zero-order chi connectivity index (χ0) is 15.4. The van der Waals surface area contributed by atoms with Gasteiger partial charge in [0.05, 0.1) is 5.52 Å². The van der Waals surface area contributed by atoms with Crippen LogP contribution in [0.15, 0.2) is 27.4 Å². The fraction of sp³-hybridized carbons (Fsp3) is 0.400. The van der Waals surface area contributed by atoms with Crippen molar-refractivity contribution < 1.29 is 19.1 Å². The fourth-order valence-corrected chi connectivity index (χ4v) is 2.25. The molecular formula is C15H17NO5. The number of Topliss-reactive ketones (excluding diaryl/α,β-unsaturated/α-hetero) is 1. The molecule has 2 aromatic rings. The molecule has 0 amide bonds. The number of nitrogens with zero attached hydrogens (tertiary/aromatic N) is 1. The van der Waals surface area contributed by atoms with Gasteiger partial charge in [0.2, 0.25) is 0 Å². The van der Waals surface area contributed by atoms with Crippen LogP contribution in [-0.4, -0.2) is 21.4 Å². The molecule has 1 heterocycles. The summed E-state index contributed by atoms with van der Waals surface area (Å²) in [5.41, 5.74) is 1.55. The summed E-state index contributed by atoms with van der Waals surface area (Å²) in [5, 5.41) is 8.54. The van der Waals surface area contributed by atoms with Crippen LogP contribution in [0.2, 0.25) is 0 Å². The normalized spacial score (nSPS) is 10.9. The van der Waals surface area contributed by atoms with Gasteiger partial charge in [-0.25, -0.2) is 4.79 Å². The Morgan fingerprint density at radius 2 is 1.95 bits per heavy atom. The Bertz CT molecular complexity index is 725. The van der Waals surface area contributed by atoms with E-state index in [1.807, 2.05) is 6.92 Å². The largest absolute Gasteiger partial charge is 0.481 e. The van der Waals surface area contributed by atoms with Crippen molar-refractivity contribution in [1.82, 2.24) is 4.57 Å². The highest BCUT2D eigenvalue weighted by atomic mass is 16.4. The average molecular weight is 291 g/mol. The topological polar surface area (TPSA) is 89.5 Å². The molecule has 0 bridgehead atoms. The van der Waals surface area contributed by atoms with Crippen molar-refractivity contribution in [1.29, 1.82) is 0 Å². The molecule has 0 saturated carbocycles. The van der Waals surface area contributed by atoms with Crippen LogP contribution in [0.25, 0.3) is 11.1 Å². The van der Waals surface area contributed by atoms with Crippen molar-refractivity contribution in [2.24, 2.45) is 0 Å². The van der Waals surface area contributed by atoms with Crippen LogP contribution in [0.5, 0.6) is 0 Å². The highest BCUT2D eigenvalue weighted by Crippen LogP contribution is 2.17. The number of carbonyl (C=O) groups excluding carboxylic acids is 1. The first-order valence-corrected chi connectivity index (χ1v) is 6.91. The van der Waals surface area contributed by atoms with Crippen molar-refractivity contribution in [3.8, 4) is 0 Å². The molecule has 0 fully saturated rings. The van der Waals surface area contributed by atoms with Crippen molar-refractivity contribution in [3.05, 3.63) is 34.3 Å². The summed E-state index contributed by atoms with van der Waals surface area (Å²) >= 11 is 0. The highest BCUT2D eigenvalue weighted by Gasteiger charge is 2.12. The lowest BCUT2D eigenvalue weighted by molar-refractivity contribution is -0.137. The summed E-state index contributed by atoms with van der Waals surface area (Å²) in [6.45, 7) is 2.35. The number of aliphatic carboxylic acids is 1. The lowest BCUT2D eigenvalue weighted by atomic mass is 10.0.